The highest BCUT2D eigenvalue weighted by Crippen LogP contribution is 2.25. The summed E-state index contributed by atoms with van der Waals surface area (Å²) in [6, 6.07) is 15.0. The monoisotopic (exact) mass is 239 g/mol. The number of rotatable bonds is 4. The smallest absolute Gasteiger partial charge is 0.0317 e. The lowest BCUT2D eigenvalue weighted by atomic mass is 9.98. The van der Waals surface area contributed by atoms with Crippen LogP contribution in [0.2, 0.25) is 0 Å². The Morgan fingerprint density at radius 1 is 1.00 bits per heavy atom. The molecular formula is C17H21N. The maximum absolute atomic E-state index is 5.78. The highest BCUT2D eigenvalue weighted by atomic mass is 14.5. The van der Waals surface area contributed by atoms with Crippen molar-refractivity contribution in [3.05, 3.63) is 53.6 Å². The van der Waals surface area contributed by atoms with Gasteiger partial charge < -0.3 is 5.73 Å². The molecule has 2 N–H and O–H groups in total. The molecule has 0 aliphatic rings. The Bertz CT molecular complexity index is 512. The summed E-state index contributed by atoms with van der Waals surface area (Å²) in [5.41, 5.74) is 11.8. The van der Waals surface area contributed by atoms with Gasteiger partial charge in [-0.1, -0.05) is 43.7 Å². The molecule has 0 bridgehead atoms. The van der Waals surface area contributed by atoms with E-state index in [0.717, 1.165) is 5.69 Å². The summed E-state index contributed by atoms with van der Waals surface area (Å²) in [6.07, 6.45) is 3.69. The van der Waals surface area contributed by atoms with Crippen LogP contribution in [0.3, 0.4) is 0 Å². The van der Waals surface area contributed by atoms with Crippen LogP contribution in [0.15, 0.2) is 42.5 Å². The maximum Gasteiger partial charge on any atom is 0.0317 e. The third-order valence-corrected chi connectivity index (χ3v) is 3.33. The Hall–Kier alpha value is -1.76. The van der Waals surface area contributed by atoms with E-state index in [-0.39, 0.29) is 0 Å². The molecule has 0 heterocycles. The lowest BCUT2D eigenvalue weighted by molar-refractivity contribution is 0.795. The highest BCUT2D eigenvalue weighted by molar-refractivity contribution is 5.69. The van der Waals surface area contributed by atoms with Gasteiger partial charge in [0.25, 0.3) is 0 Å². The molecule has 0 aliphatic heterocycles. The average molecular weight is 239 g/mol. The Kier molecular flexibility index (Phi) is 4.03. The predicted octanol–water partition coefficient (Wildman–Crippen LogP) is 4.59. The molecule has 18 heavy (non-hydrogen) atoms. The fourth-order valence-electron chi connectivity index (χ4n) is 2.24. The fourth-order valence-corrected chi connectivity index (χ4v) is 2.24. The van der Waals surface area contributed by atoms with Crippen molar-refractivity contribution in [3.63, 3.8) is 0 Å². The SMILES string of the molecule is CCCCc1ccc(-c2ccc(N)cc2C)cc1. The second kappa shape index (κ2) is 5.72. The van der Waals surface area contributed by atoms with Gasteiger partial charge in [0.2, 0.25) is 0 Å². The van der Waals surface area contributed by atoms with E-state index >= 15 is 0 Å². The van der Waals surface area contributed by atoms with Crippen molar-refractivity contribution in [1.29, 1.82) is 0 Å². The van der Waals surface area contributed by atoms with Gasteiger partial charge in [-0.3, -0.25) is 0 Å². The number of anilines is 1. The molecule has 0 spiro atoms. The average Bonchev–Trinajstić information content (AvgIpc) is 2.37. The van der Waals surface area contributed by atoms with Gasteiger partial charge in [-0.15, -0.1) is 0 Å². The second-order valence-corrected chi connectivity index (χ2v) is 4.87. The lowest BCUT2D eigenvalue weighted by Gasteiger charge is -2.08. The first-order chi connectivity index (χ1) is 8.70. The summed E-state index contributed by atoms with van der Waals surface area (Å²) < 4.78 is 0. The molecule has 0 saturated carbocycles. The van der Waals surface area contributed by atoms with E-state index in [1.165, 1.54) is 41.5 Å². The fraction of sp³-hybridized carbons (Fsp3) is 0.294. The number of unbranched alkanes of at least 4 members (excludes halogenated alkanes) is 1. The Labute approximate surface area is 110 Å². The molecule has 0 aromatic heterocycles. The molecule has 2 rings (SSSR count). The van der Waals surface area contributed by atoms with Crippen molar-refractivity contribution < 1.29 is 0 Å². The molecule has 1 heteroatoms. The van der Waals surface area contributed by atoms with Gasteiger partial charge in [0.05, 0.1) is 0 Å². The predicted molar refractivity (Wildman–Crippen MR) is 79.6 cm³/mol. The number of aryl methyl sites for hydroxylation is 2. The minimum atomic E-state index is 0.829. The third-order valence-electron chi connectivity index (χ3n) is 3.33. The van der Waals surface area contributed by atoms with Crippen LogP contribution in [-0.2, 0) is 6.42 Å². The Morgan fingerprint density at radius 2 is 1.72 bits per heavy atom. The largest absolute Gasteiger partial charge is 0.399 e. The molecule has 2 aromatic rings. The summed E-state index contributed by atoms with van der Waals surface area (Å²) in [4.78, 5) is 0. The second-order valence-electron chi connectivity index (χ2n) is 4.87. The van der Waals surface area contributed by atoms with Crippen LogP contribution in [0.4, 0.5) is 5.69 Å². The first kappa shape index (κ1) is 12.7. The van der Waals surface area contributed by atoms with Gasteiger partial charge in [-0.25, -0.2) is 0 Å². The molecule has 0 atom stereocenters. The van der Waals surface area contributed by atoms with Gasteiger partial charge in [-0.05, 0) is 54.2 Å². The van der Waals surface area contributed by atoms with Crippen molar-refractivity contribution in [3.8, 4) is 11.1 Å². The number of benzene rings is 2. The number of nitrogens with two attached hydrogens (primary N) is 1. The van der Waals surface area contributed by atoms with Crippen molar-refractivity contribution in [2.45, 2.75) is 33.1 Å². The first-order valence-corrected chi connectivity index (χ1v) is 6.66. The molecule has 1 nitrogen and oxygen atoms in total. The van der Waals surface area contributed by atoms with Crippen molar-refractivity contribution in [2.75, 3.05) is 5.73 Å². The van der Waals surface area contributed by atoms with Crippen LogP contribution in [0.25, 0.3) is 11.1 Å². The molecule has 0 saturated heterocycles. The molecule has 2 aromatic carbocycles. The quantitative estimate of drug-likeness (QED) is 0.776. The molecule has 0 fully saturated rings. The highest BCUT2D eigenvalue weighted by Gasteiger charge is 2.02. The first-order valence-electron chi connectivity index (χ1n) is 6.66. The van der Waals surface area contributed by atoms with Crippen LogP contribution in [0.1, 0.15) is 30.9 Å². The van der Waals surface area contributed by atoms with E-state index in [0.29, 0.717) is 0 Å². The van der Waals surface area contributed by atoms with Crippen LogP contribution < -0.4 is 5.73 Å². The summed E-state index contributed by atoms with van der Waals surface area (Å²) in [6.45, 7) is 4.34. The zero-order chi connectivity index (χ0) is 13.0. The molecule has 0 aliphatic carbocycles. The number of nitrogen functional groups attached to an aromatic ring is 1. The zero-order valence-electron chi connectivity index (χ0n) is 11.2. The molecule has 94 valence electrons. The minimum absolute atomic E-state index is 0.829. The topological polar surface area (TPSA) is 26.0 Å². The van der Waals surface area contributed by atoms with Gasteiger partial charge >= 0.3 is 0 Å². The normalized spacial score (nSPS) is 10.6. The maximum atomic E-state index is 5.78. The molecule has 0 amide bonds. The summed E-state index contributed by atoms with van der Waals surface area (Å²) >= 11 is 0. The van der Waals surface area contributed by atoms with E-state index < -0.39 is 0 Å². The van der Waals surface area contributed by atoms with Crippen LogP contribution in [-0.4, -0.2) is 0 Å². The zero-order valence-corrected chi connectivity index (χ0v) is 11.2. The van der Waals surface area contributed by atoms with E-state index in [2.05, 4.69) is 44.2 Å². The molecule has 0 radical (unpaired) electrons. The van der Waals surface area contributed by atoms with Crippen molar-refractivity contribution in [1.82, 2.24) is 0 Å². The summed E-state index contributed by atoms with van der Waals surface area (Å²) in [5, 5.41) is 0. The number of hydrogen-bond donors (Lipinski definition) is 1. The standard InChI is InChI=1S/C17H21N/c1-3-4-5-14-6-8-15(9-7-14)17-11-10-16(18)12-13(17)2/h6-12H,3-5,18H2,1-2H3. The van der Waals surface area contributed by atoms with E-state index in [1.807, 2.05) is 12.1 Å². The number of hydrogen-bond acceptors (Lipinski definition) is 1. The summed E-state index contributed by atoms with van der Waals surface area (Å²) in [5.74, 6) is 0. The Balaban J connectivity index is 2.23. The van der Waals surface area contributed by atoms with Gasteiger partial charge in [0, 0.05) is 5.69 Å². The molecule has 0 unspecified atom stereocenters. The van der Waals surface area contributed by atoms with Gasteiger partial charge in [0.1, 0.15) is 0 Å². The lowest BCUT2D eigenvalue weighted by Crippen LogP contribution is -1.89. The van der Waals surface area contributed by atoms with E-state index in [4.69, 9.17) is 5.73 Å². The molecular weight excluding hydrogens is 218 g/mol. The Morgan fingerprint density at radius 3 is 2.33 bits per heavy atom. The van der Waals surface area contributed by atoms with Crippen LogP contribution in [0.5, 0.6) is 0 Å². The van der Waals surface area contributed by atoms with Crippen molar-refractivity contribution >= 4 is 5.69 Å². The van der Waals surface area contributed by atoms with Crippen molar-refractivity contribution in [2.24, 2.45) is 0 Å². The van der Waals surface area contributed by atoms with Gasteiger partial charge in [-0.2, -0.15) is 0 Å². The summed E-state index contributed by atoms with van der Waals surface area (Å²) in [7, 11) is 0. The van der Waals surface area contributed by atoms with Crippen LogP contribution in [0, 0.1) is 6.92 Å². The third kappa shape index (κ3) is 2.92. The van der Waals surface area contributed by atoms with Crippen LogP contribution >= 0.6 is 0 Å². The van der Waals surface area contributed by atoms with Gasteiger partial charge in [0.15, 0.2) is 0 Å². The minimum Gasteiger partial charge on any atom is -0.399 e. The van der Waals surface area contributed by atoms with E-state index in [9.17, 15) is 0 Å². The van der Waals surface area contributed by atoms with E-state index in [1.54, 1.807) is 0 Å².